The van der Waals surface area contributed by atoms with Gasteiger partial charge in [-0.2, -0.15) is 0 Å². The summed E-state index contributed by atoms with van der Waals surface area (Å²) in [6.07, 6.45) is 0.0376. The fourth-order valence-electron chi connectivity index (χ4n) is 1.31. The molecule has 0 aromatic heterocycles. The Hall–Kier alpha value is -0.940. The number of esters is 1. The van der Waals surface area contributed by atoms with Crippen LogP contribution >= 0.6 is 15.9 Å². The molecule has 0 spiro atoms. The van der Waals surface area contributed by atoms with Gasteiger partial charge in [0.15, 0.2) is 0 Å². The molecule has 0 aliphatic carbocycles. The SMILES string of the molecule is CCOC(=O)CC(N)c1cc(F)ccc1Br. The van der Waals surface area contributed by atoms with Crippen molar-refractivity contribution in [2.75, 3.05) is 6.61 Å². The van der Waals surface area contributed by atoms with Crippen molar-refractivity contribution in [2.45, 2.75) is 19.4 Å². The summed E-state index contributed by atoms with van der Waals surface area (Å²) < 4.78 is 18.5. The second kappa shape index (κ2) is 5.96. The van der Waals surface area contributed by atoms with E-state index in [1.54, 1.807) is 13.0 Å². The highest BCUT2D eigenvalue weighted by molar-refractivity contribution is 9.10. The Morgan fingerprint density at radius 3 is 2.94 bits per heavy atom. The number of hydrogen-bond donors (Lipinski definition) is 1. The van der Waals surface area contributed by atoms with E-state index in [1.165, 1.54) is 12.1 Å². The third kappa shape index (κ3) is 3.57. The van der Waals surface area contributed by atoms with Gasteiger partial charge in [0.2, 0.25) is 0 Å². The van der Waals surface area contributed by atoms with Gasteiger partial charge >= 0.3 is 5.97 Å². The van der Waals surface area contributed by atoms with Gasteiger partial charge in [0.1, 0.15) is 5.82 Å². The van der Waals surface area contributed by atoms with Crippen molar-refractivity contribution in [3.8, 4) is 0 Å². The summed E-state index contributed by atoms with van der Waals surface area (Å²) in [6, 6.07) is 3.64. The van der Waals surface area contributed by atoms with Gasteiger partial charge in [-0.15, -0.1) is 0 Å². The third-order valence-corrected chi connectivity index (χ3v) is 2.77. The van der Waals surface area contributed by atoms with E-state index < -0.39 is 6.04 Å². The van der Waals surface area contributed by atoms with Gasteiger partial charge in [0.05, 0.1) is 13.0 Å². The minimum absolute atomic E-state index is 0.0376. The minimum atomic E-state index is -0.566. The maximum absolute atomic E-state index is 13.0. The molecular formula is C11H13BrFNO2. The van der Waals surface area contributed by atoms with Gasteiger partial charge in [0, 0.05) is 10.5 Å². The molecule has 0 bridgehead atoms. The Morgan fingerprint density at radius 2 is 2.31 bits per heavy atom. The molecule has 0 saturated heterocycles. The number of nitrogens with two attached hydrogens (primary N) is 1. The molecule has 1 atom stereocenters. The van der Waals surface area contributed by atoms with Crippen molar-refractivity contribution in [3.63, 3.8) is 0 Å². The topological polar surface area (TPSA) is 52.3 Å². The Kier molecular flexibility index (Phi) is 4.89. The van der Waals surface area contributed by atoms with Crippen LogP contribution in [0.15, 0.2) is 22.7 Å². The predicted octanol–water partition coefficient (Wildman–Crippen LogP) is 2.54. The zero-order valence-electron chi connectivity index (χ0n) is 8.87. The van der Waals surface area contributed by atoms with Crippen LogP contribution in [-0.2, 0) is 9.53 Å². The highest BCUT2D eigenvalue weighted by Gasteiger charge is 2.15. The van der Waals surface area contributed by atoms with Crippen molar-refractivity contribution in [3.05, 3.63) is 34.1 Å². The first-order chi connectivity index (χ1) is 7.54. The first-order valence-electron chi connectivity index (χ1n) is 4.90. The van der Waals surface area contributed by atoms with Crippen molar-refractivity contribution >= 4 is 21.9 Å². The molecule has 1 unspecified atom stereocenters. The average Bonchev–Trinajstić information content (AvgIpc) is 2.21. The van der Waals surface area contributed by atoms with E-state index in [1.807, 2.05) is 0 Å². The smallest absolute Gasteiger partial charge is 0.307 e. The molecule has 88 valence electrons. The molecule has 1 aromatic carbocycles. The number of rotatable bonds is 4. The molecule has 3 nitrogen and oxygen atoms in total. The van der Waals surface area contributed by atoms with E-state index in [0.717, 1.165) is 0 Å². The maximum Gasteiger partial charge on any atom is 0.307 e. The van der Waals surface area contributed by atoms with E-state index >= 15 is 0 Å². The molecule has 0 heterocycles. The number of carbonyl (C=O) groups is 1. The highest BCUT2D eigenvalue weighted by atomic mass is 79.9. The van der Waals surface area contributed by atoms with Gasteiger partial charge in [0.25, 0.3) is 0 Å². The lowest BCUT2D eigenvalue weighted by Crippen LogP contribution is -2.17. The zero-order chi connectivity index (χ0) is 12.1. The first-order valence-corrected chi connectivity index (χ1v) is 5.70. The van der Waals surface area contributed by atoms with E-state index in [-0.39, 0.29) is 18.2 Å². The minimum Gasteiger partial charge on any atom is -0.466 e. The van der Waals surface area contributed by atoms with Crippen molar-refractivity contribution in [1.82, 2.24) is 0 Å². The lowest BCUT2D eigenvalue weighted by atomic mass is 10.0. The maximum atomic E-state index is 13.0. The van der Waals surface area contributed by atoms with Crippen LogP contribution in [0, 0.1) is 5.82 Å². The van der Waals surface area contributed by atoms with Crippen LogP contribution in [0.3, 0.4) is 0 Å². The lowest BCUT2D eigenvalue weighted by Gasteiger charge is -2.13. The summed E-state index contributed by atoms with van der Waals surface area (Å²) in [5.74, 6) is -0.760. The van der Waals surface area contributed by atoms with Crippen LogP contribution in [0.5, 0.6) is 0 Å². The van der Waals surface area contributed by atoms with Gasteiger partial charge in [-0.05, 0) is 30.7 Å². The number of ether oxygens (including phenoxy) is 1. The predicted molar refractivity (Wildman–Crippen MR) is 62.3 cm³/mol. The molecule has 1 rings (SSSR count). The molecule has 0 aliphatic heterocycles. The molecule has 0 fully saturated rings. The quantitative estimate of drug-likeness (QED) is 0.867. The molecule has 0 radical (unpaired) electrons. The second-order valence-corrected chi connectivity index (χ2v) is 4.14. The van der Waals surface area contributed by atoms with Crippen LogP contribution in [0.1, 0.15) is 24.9 Å². The summed E-state index contributed by atoms with van der Waals surface area (Å²) >= 11 is 3.26. The number of carbonyl (C=O) groups excluding carboxylic acids is 1. The van der Waals surface area contributed by atoms with Gasteiger partial charge in [-0.3, -0.25) is 4.79 Å². The van der Waals surface area contributed by atoms with Crippen LogP contribution in [-0.4, -0.2) is 12.6 Å². The number of benzene rings is 1. The first kappa shape index (κ1) is 13.1. The van der Waals surface area contributed by atoms with E-state index in [2.05, 4.69) is 15.9 Å². The number of halogens is 2. The normalized spacial score (nSPS) is 12.2. The molecule has 0 amide bonds. The number of hydrogen-bond acceptors (Lipinski definition) is 3. The average molecular weight is 290 g/mol. The zero-order valence-corrected chi connectivity index (χ0v) is 10.5. The van der Waals surface area contributed by atoms with Crippen LogP contribution in [0.4, 0.5) is 4.39 Å². The summed E-state index contributed by atoms with van der Waals surface area (Å²) in [5, 5.41) is 0. The fraction of sp³-hybridized carbons (Fsp3) is 0.364. The van der Waals surface area contributed by atoms with Crippen LogP contribution < -0.4 is 5.73 Å². The summed E-state index contributed by atoms with van der Waals surface area (Å²) in [5.41, 5.74) is 6.36. The Morgan fingerprint density at radius 1 is 1.62 bits per heavy atom. The monoisotopic (exact) mass is 289 g/mol. The lowest BCUT2D eigenvalue weighted by molar-refractivity contribution is -0.143. The fourth-order valence-corrected chi connectivity index (χ4v) is 1.85. The second-order valence-electron chi connectivity index (χ2n) is 3.28. The molecular weight excluding hydrogens is 277 g/mol. The van der Waals surface area contributed by atoms with E-state index in [9.17, 15) is 9.18 Å². The Balaban J connectivity index is 2.76. The Labute approximate surface area is 102 Å². The van der Waals surface area contributed by atoms with Crippen LogP contribution in [0.2, 0.25) is 0 Å². The molecule has 5 heteroatoms. The summed E-state index contributed by atoms with van der Waals surface area (Å²) in [6.45, 7) is 2.04. The summed E-state index contributed by atoms with van der Waals surface area (Å²) in [4.78, 5) is 11.2. The van der Waals surface area contributed by atoms with Crippen LogP contribution in [0.25, 0.3) is 0 Å². The molecule has 0 saturated carbocycles. The molecule has 16 heavy (non-hydrogen) atoms. The van der Waals surface area contributed by atoms with Gasteiger partial charge in [-0.1, -0.05) is 15.9 Å². The molecule has 0 aliphatic rings. The third-order valence-electron chi connectivity index (χ3n) is 2.05. The molecule has 1 aromatic rings. The summed E-state index contributed by atoms with van der Waals surface area (Å²) in [7, 11) is 0. The van der Waals surface area contributed by atoms with Crippen molar-refractivity contribution < 1.29 is 13.9 Å². The van der Waals surface area contributed by atoms with Gasteiger partial charge < -0.3 is 10.5 Å². The largest absolute Gasteiger partial charge is 0.466 e. The van der Waals surface area contributed by atoms with E-state index in [4.69, 9.17) is 10.5 Å². The highest BCUT2D eigenvalue weighted by Crippen LogP contribution is 2.25. The van der Waals surface area contributed by atoms with Gasteiger partial charge in [-0.25, -0.2) is 4.39 Å². The Bertz CT molecular complexity index is 384. The van der Waals surface area contributed by atoms with Crippen molar-refractivity contribution in [2.24, 2.45) is 5.73 Å². The molecule has 2 N–H and O–H groups in total. The standard InChI is InChI=1S/C11H13BrFNO2/c1-2-16-11(15)6-10(14)8-5-7(13)3-4-9(8)12/h3-5,10H,2,6,14H2,1H3. The van der Waals surface area contributed by atoms with E-state index in [0.29, 0.717) is 16.6 Å². The van der Waals surface area contributed by atoms with Crippen molar-refractivity contribution in [1.29, 1.82) is 0 Å².